The maximum atomic E-state index is 12.2. The molecule has 0 saturated heterocycles. The molecule has 2 aromatic carbocycles. The molecule has 0 saturated carbocycles. The van der Waals surface area contributed by atoms with Crippen LogP contribution in [0.25, 0.3) is 0 Å². The molecule has 2 rings (SSSR count). The molecule has 0 spiro atoms. The van der Waals surface area contributed by atoms with Gasteiger partial charge in [0.15, 0.2) is 0 Å². The van der Waals surface area contributed by atoms with E-state index >= 15 is 0 Å². The van der Waals surface area contributed by atoms with Crippen LogP contribution in [0.5, 0.6) is 5.75 Å². The fourth-order valence-corrected chi connectivity index (χ4v) is 3.28. The number of hydrogen-bond acceptors (Lipinski definition) is 5. The number of carbonyl (C=O) groups is 1. The third-order valence-corrected chi connectivity index (χ3v) is 5.14. The zero-order valence-corrected chi connectivity index (χ0v) is 15.8. The fraction of sp³-hybridized carbons (Fsp3) is 0.263. The van der Waals surface area contributed by atoms with Gasteiger partial charge in [-0.2, -0.15) is 5.26 Å². The van der Waals surface area contributed by atoms with Crippen LogP contribution in [0.3, 0.4) is 0 Å². The third-order valence-electron chi connectivity index (χ3n) is 3.66. The van der Waals surface area contributed by atoms with E-state index in [1.165, 1.54) is 12.1 Å². The number of nitrogens with zero attached hydrogens (tertiary/aromatic N) is 1. The van der Waals surface area contributed by atoms with Crippen LogP contribution in [0.15, 0.2) is 53.4 Å². The lowest BCUT2D eigenvalue weighted by molar-refractivity contribution is -0.121. The van der Waals surface area contributed by atoms with Crippen LogP contribution in [0.2, 0.25) is 0 Å². The van der Waals surface area contributed by atoms with Crippen molar-refractivity contribution in [2.24, 2.45) is 0 Å². The molecule has 8 heteroatoms. The first-order chi connectivity index (χ1) is 12.9. The Balaban J connectivity index is 1.78. The molecule has 142 valence electrons. The zero-order valence-electron chi connectivity index (χ0n) is 14.9. The van der Waals surface area contributed by atoms with Crippen molar-refractivity contribution in [1.29, 1.82) is 5.26 Å². The predicted octanol–water partition coefficient (Wildman–Crippen LogP) is 1.94. The Morgan fingerprint density at radius 1 is 1.11 bits per heavy atom. The summed E-state index contributed by atoms with van der Waals surface area (Å²) in [5.74, 6) is 0.326. The molecule has 0 radical (unpaired) electrons. The molecule has 0 atom stereocenters. The lowest BCUT2D eigenvalue weighted by Gasteiger charge is -2.09. The van der Waals surface area contributed by atoms with E-state index < -0.39 is 10.0 Å². The van der Waals surface area contributed by atoms with Crippen LogP contribution in [0.4, 0.5) is 0 Å². The van der Waals surface area contributed by atoms with Crippen molar-refractivity contribution >= 4 is 15.9 Å². The van der Waals surface area contributed by atoms with E-state index in [-0.39, 0.29) is 23.8 Å². The number of sulfonamides is 1. The Bertz CT molecular complexity index is 901. The minimum atomic E-state index is -3.68. The molecule has 0 aliphatic heterocycles. The van der Waals surface area contributed by atoms with Crippen molar-refractivity contribution in [3.05, 3.63) is 59.7 Å². The van der Waals surface area contributed by atoms with Crippen molar-refractivity contribution < 1.29 is 17.9 Å². The van der Waals surface area contributed by atoms with Gasteiger partial charge in [-0.25, -0.2) is 13.1 Å². The molecule has 0 aliphatic carbocycles. The number of carbonyl (C=O) groups excluding carboxylic acids is 1. The lowest BCUT2D eigenvalue weighted by Crippen LogP contribution is -2.30. The Morgan fingerprint density at radius 2 is 1.78 bits per heavy atom. The van der Waals surface area contributed by atoms with Crippen LogP contribution in [-0.2, 0) is 21.4 Å². The average molecular weight is 387 g/mol. The van der Waals surface area contributed by atoms with Crippen molar-refractivity contribution in [2.45, 2.75) is 24.8 Å². The van der Waals surface area contributed by atoms with Gasteiger partial charge in [-0.3, -0.25) is 4.79 Å². The molecular formula is C19H21N3O4S. The van der Waals surface area contributed by atoms with Gasteiger partial charge in [0.2, 0.25) is 15.9 Å². The molecular weight excluding hydrogens is 366 g/mol. The Kier molecular flexibility index (Phi) is 7.34. The van der Waals surface area contributed by atoms with Gasteiger partial charge in [0.25, 0.3) is 0 Å². The number of nitriles is 1. The Hall–Kier alpha value is -2.89. The topological polar surface area (TPSA) is 108 Å². The van der Waals surface area contributed by atoms with E-state index in [1.54, 1.807) is 36.4 Å². The second-order valence-corrected chi connectivity index (χ2v) is 7.40. The molecule has 1 amide bonds. The van der Waals surface area contributed by atoms with Gasteiger partial charge < -0.3 is 10.1 Å². The summed E-state index contributed by atoms with van der Waals surface area (Å²) in [6.07, 6.45) is 0.0204. The van der Waals surface area contributed by atoms with Gasteiger partial charge in [-0.15, -0.1) is 0 Å². The standard InChI is InChI=1S/C19H21N3O4S/c1-2-26-17-7-9-18(10-8-17)27(24,25)22-12-11-19(23)21-14-16-5-3-15(13-20)4-6-16/h3-10,22H,2,11-12,14H2,1H3,(H,21,23). The van der Waals surface area contributed by atoms with E-state index in [1.807, 2.05) is 13.0 Å². The second kappa shape index (κ2) is 9.71. The van der Waals surface area contributed by atoms with Crippen molar-refractivity contribution in [2.75, 3.05) is 13.2 Å². The number of rotatable bonds is 9. The van der Waals surface area contributed by atoms with Gasteiger partial charge in [-0.1, -0.05) is 12.1 Å². The first kappa shape index (κ1) is 20.4. The summed E-state index contributed by atoms with van der Waals surface area (Å²) in [4.78, 5) is 12.0. The first-order valence-electron chi connectivity index (χ1n) is 8.43. The zero-order chi connectivity index (χ0) is 19.7. The van der Waals surface area contributed by atoms with E-state index in [2.05, 4.69) is 10.0 Å². The minimum absolute atomic E-state index is 0.00521. The maximum Gasteiger partial charge on any atom is 0.240 e. The molecule has 0 fully saturated rings. The van der Waals surface area contributed by atoms with E-state index in [9.17, 15) is 13.2 Å². The highest BCUT2D eigenvalue weighted by molar-refractivity contribution is 7.89. The lowest BCUT2D eigenvalue weighted by atomic mass is 10.1. The van der Waals surface area contributed by atoms with Crippen molar-refractivity contribution in [3.63, 3.8) is 0 Å². The molecule has 0 bridgehead atoms. The molecule has 0 heterocycles. The molecule has 0 aliphatic rings. The van der Waals surface area contributed by atoms with Crippen molar-refractivity contribution in [3.8, 4) is 11.8 Å². The van der Waals surface area contributed by atoms with Crippen LogP contribution >= 0.6 is 0 Å². The summed E-state index contributed by atoms with van der Waals surface area (Å²) in [6, 6.07) is 15.0. The first-order valence-corrected chi connectivity index (χ1v) is 9.91. The smallest absolute Gasteiger partial charge is 0.240 e. The summed E-state index contributed by atoms with van der Waals surface area (Å²) >= 11 is 0. The molecule has 27 heavy (non-hydrogen) atoms. The van der Waals surface area contributed by atoms with Crippen LogP contribution < -0.4 is 14.8 Å². The van der Waals surface area contributed by atoms with Crippen LogP contribution in [0.1, 0.15) is 24.5 Å². The van der Waals surface area contributed by atoms with Gasteiger partial charge in [0, 0.05) is 19.5 Å². The number of ether oxygens (including phenoxy) is 1. The number of hydrogen-bond donors (Lipinski definition) is 2. The normalized spacial score (nSPS) is 10.8. The molecule has 0 unspecified atom stereocenters. The monoisotopic (exact) mass is 387 g/mol. The molecule has 7 nitrogen and oxygen atoms in total. The third kappa shape index (κ3) is 6.40. The second-order valence-electron chi connectivity index (χ2n) is 5.64. The highest BCUT2D eigenvalue weighted by Gasteiger charge is 2.14. The minimum Gasteiger partial charge on any atom is -0.494 e. The summed E-state index contributed by atoms with van der Waals surface area (Å²) in [6.45, 7) is 2.66. The van der Waals surface area contributed by atoms with Crippen LogP contribution in [0, 0.1) is 11.3 Å². The number of nitrogens with one attached hydrogen (secondary N) is 2. The Labute approximate surface area is 159 Å². The quantitative estimate of drug-likeness (QED) is 0.684. The SMILES string of the molecule is CCOc1ccc(S(=O)(=O)NCCC(=O)NCc2ccc(C#N)cc2)cc1. The van der Waals surface area contributed by atoms with E-state index in [0.29, 0.717) is 24.5 Å². The maximum absolute atomic E-state index is 12.2. The summed E-state index contributed by atoms with van der Waals surface area (Å²) in [5.41, 5.74) is 1.41. The van der Waals surface area contributed by atoms with Gasteiger partial charge in [0.1, 0.15) is 5.75 Å². The van der Waals surface area contributed by atoms with Gasteiger partial charge in [0.05, 0.1) is 23.1 Å². The number of benzene rings is 2. The Morgan fingerprint density at radius 3 is 2.37 bits per heavy atom. The van der Waals surface area contributed by atoms with Crippen LogP contribution in [-0.4, -0.2) is 27.5 Å². The largest absolute Gasteiger partial charge is 0.494 e. The number of amides is 1. The average Bonchev–Trinajstić information content (AvgIpc) is 2.67. The highest BCUT2D eigenvalue weighted by Crippen LogP contribution is 2.15. The van der Waals surface area contributed by atoms with Gasteiger partial charge >= 0.3 is 0 Å². The summed E-state index contributed by atoms with van der Waals surface area (Å²) in [5, 5.41) is 11.5. The highest BCUT2D eigenvalue weighted by atomic mass is 32.2. The summed E-state index contributed by atoms with van der Waals surface area (Å²) < 4.78 is 32.1. The van der Waals surface area contributed by atoms with Gasteiger partial charge in [-0.05, 0) is 48.9 Å². The fourth-order valence-electron chi connectivity index (χ4n) is 2.25. The molecule has 2 N–H and O–H groups in total. The molecule has 2 aromatic rings. The predicted molar refractivity (Wildman–Crippen MR) is 100 cm³/mol. The van der Waals surface area contributed by atoms with Crippen molar-refractivity contribution in [1.82, 2.24) is 10.0 Å². The summed E-state index contributed by atoms with van der Waals surface area (Å²) in [7, 11) is -3.68. The van der Waals surface area contributed by atoms with E-state index in [4.69, 9.17) is 10.00 Å². The molecule has 0 aromatic heterocycles. The van der Waals surface area contributed by atoms with E-state index in [0.717, 1.165) is 5.56 Å².